The van der Waals surface area contributed by atoms with Crippen LogP contribution in [0.3, 0.4) is 0 Å². The summed E-state index contributed by atoms with van der Waals surface area (Å²) in [5.74, 6) is 0.717. The van der Waals surface area contributed by atoms with Gasteiger partial charge < -0.3 is 15.5 Å². The van der Waals surface area contributed by atoms with Gasteiger partial charge in [-0.25, -0.2) is 0 Å². The summed E-state index contributed by atoms with van der Waals surface area (Å²) >= 11 is 5.20. The van der Waals surface area contributed by atoms with Crippen molar-refractivity contribution in [3.8, 4) is 0 Å². The third-order valence-electron chi connectivity index (χ3n) is 4.86. The first-order valence-electron chi connectivity index (χ1n) is 9.37. The van der Waals surface area contributed by atoms with Crippen molar-refractivity contribution in [1.82, 2.24) is 5.32 Å². The zero-order valence-electron chi connectivity index (χ0n) is 15.7. The van der Waals surface area contributed by atoms with Gasteiger partial charge in [-0.1, -0.05) is 25.1 Å². The zero-order valence-corrected chi connectivity index (χ0v) is 16.5. The van der Waals surface area contributed by atoms with Crippen LogP contribution in [0.2, 0.25) is 0 Å². The Kier molecular flexibility index (Phi) is 6.44. The van der Waals surface area contributed by atoms with Gasteiger partial charge in [0.2, 0.25) is 0 Å². The van der Waals surface area contributed by atoms with E-state index in [2.05, 4.69) is 46.7 Å². The molecule has 2 N–H and O–H groups in total. The number of benzene rings is 2. The first-order valence-corrected chi connectivity index (χ1v) is 9.78. The van der Waals surface area contributed by atoms with Gasteiger partial charge in [-0.2, -0.15) is 13.2 Å². The van der Waals surface area contributed by atoms with Crippen LogP contribution in [0.5, 0.6) is 0 Å². The van der Waals surface area contributed by atoms with E-state index < -0.39 is 11.7 Å². The van der Waals surface area contributed by atoms with Gasteiger partial charge in [0, 0.05) is 31.0 Å². The second-order valence-electron chi connectivity index (χ2n) is 7.25. The molecule has 0 bridgehead atoms. The second kappa shape index (κ2) is 8.82. The Balaban J connectivity index is 1.52. The van der Waals surface area contributed by atoms with E-state index in [0.29, 0.717) is 12.2 Å². The van der Waals surface area contributed by atoms with Gasteiger partial charge >= 0.3 is 6.18 Å². The lowest BCUT2D eigenvalue weighted by molar-refractivity contribution is -0.137. The van der Waals surface area contributed by atoms with Crippen LogP contribution >= 0.6 is 12.2 Å². The second-order valence-corrected chi connectivity index (χ2v) is 7.65. The molecule has 0 aromatic heterocycles. The molecule has 2 aromatic rings. The molecule has 1 fully saturated rings. The monoisotopic (exact) mass is 407 g/mol. The number of nitrogens with zero attached hydrogens (tertiary/aromatic N) is 1. The fraction of sp³-hybridized carbons (Fsp3) is 0.381. The summed E-state index contributed by atoms with van der Waals surface area (Å²) in [6.45, 7) is 4.96. The van der Waals surface area contributed by atoms with Gasteiger partial charge in [-0.3, -0.25) is 0 Å². The van der Waals surface area contributed by atoms with Gasteiger partial charge in [0.05, 0.1) is 5.56 Å². The van der Waals surface area contributed by atoms with Crippen LogP contribution in [0, 0.1) is 5.92 Å². The summed E-state index contributed by atoms with van der Waals surface area (Å²) in [4.78, 5) is 2.41. The van der Waals surface area contributed by atoms with Crippen molar-refractivity contribution >= 4 is 28.7 Å². The summed E-state index contributed by atoms with van der Waals surface area (Å²) in [5, 5.41) is 6.13. The van der Waals surface area contributed by atoms with E-state index in [1.165, 1.54) is 24.6 Å². The summed E-state index contributed by atoms with van der Waals surface area (Å²) < 4.78 is 38.4. The van der Waals surface area contributed by atoms with Crippen LogP contribution < -0.4 is 15.5 Å². The van der Waals surface area contributed by atoms with Crippen LogP contribution in [0.4, 0.5) is 24.5 Å². The molecule has 7 heteroatoms. The standard InChI is InChI=1S/C21H24F3N3S/c1-15-4-3-11-27(14-15)19-9-7-16(8-10-19)13-25-20(28)26-18-6-2-5-17(12-18)21(22,23)24/h2,5-10,12,15H,3-4,11,13-14H2,1H3,(H2,25,26,28). The van der Waals surface area contributed by atoms with Gasteiger partial charge in [-0.05, 0) is 66.9 Å². The van der Waals surface area contributed by atoms with Gasteiger partial charge in [0.15, 0.2) is 5.11 Å². The molecule has 150 valence electrons. The molecule has 1 atom stereocenters. The number of hydrogen-bond donors (Lipinski definition) is 2. The first kappa shape index (κ1) is 20.5. The average Bonchev–Trinajstić information content (AvgIpc) is 2.66. The maximum atomic E-state index is 12.8. The van der Waals surface area contributed by atoms with Crippen LogP contribution in [-0.4, -0.2) is 18.2 Å². The molecule has 1 aliphatic heterocycles. The molecule has 1 aliphatic rings. The lowest BCUT2D eigenvalue weighted by Gasteiger charge is -2.32. The highest BCUT2D eigenvalue weighted by molar-refractivity contribution is 7.80. The molecule has 0 spiro atoms. The molecular formula is C21H24F3N3S. The quantitative estimate of drug-likeness (QED) is 0.661. The van der Waals surface area contributed by atoms with E-state index in [0.717, 1.165) is 36.7 Å². The van der Waals surface area contributed by atoms with Gasteiger partial charge in [0.1, 0.15) is 0 Å². The third-order valence-corrected chi connectivity index (χ3v) is 5.11. The van der Waals surface area contributed by atoms with E-state index in [9.17, 15) is 13.2 Å². The van der Waals surface area contributed by atoms with Crippen molar-refractivity contribution < 1.29 is 13.2 Å². The number of nitrogens with one attached hydrogen (secondary N) is 2. The fourth-order valence-electron chi connectivity index (χ4n) is 3.38. The van der Waals surface area contributed by atoms with Crippen molar-refractivity contribution in [1.29, 1.82) is 0 Å². The Morgan fingerprint density at radius 1 is 1.18 bits per heavy atom. The molecule has 28 heavy (non-hydrogen) atoms. The van der Waals surface area contributed by atoms with E-state index in [1.54, 1.807) is 6.07 Å². The smallest absolute Gasteiger partial charge is 0.371 e. The maximum Gasteiger partial charge on any atom is 0.416 e. The maximum absolute atomic E-state index is 12.8. The lowest BCUT2D eigenvalue weighted by atomic mass is 9.99. The van der Waals surface area contributed by atoms with Gasteiger partial charge in [0.25, 0.3) is 0 Å². The van der Waals surface area contributed by atoms with Gasteiger partial charge in [-0.15, -0.1) is 0 Å². The van der Waals surface area contributed by atoms with E-state index in [4.69, 9.17) is 12.2 Å². The molecule has 1 heterocycles. The largest absolute Gasteiger partial charge is 0.416 e. The van der Waals surface area contributed by atoms with Crippen molar-refractivity contribution in [3.05, 3.63) is 59.7 Å². The highest BCUT2D eigenvalue weighted by Gasteiger charge is 2.30. The van der Waals surface area contributed by atoms with E-state index in [1.807, 2.05) is 0 Å². The molecular weight excluding hydrogens is 383 g/mol. The van der Waals surface area contributed by atoms with Crippen LogP contribution in [-0.2, 0) is 12.7 Å². The molecule has 2 aromatic carbocycles. The average molecular weight is 408 g/mol. The zero-order chi connectivity index (χ0) is 20.1. The molecule has 0 amide bonds. The minimum Gasteiger partial charge on any atom is -0.371 e. The Labute approximate surface area is 168 Å². The Morgan fingerprint density at radius 3 is 2.61 bits per heavy atom. The summed E-state index contributed by atoms with van der Waals surface area (Å²) in [6.07, 6.45) is -1.87. The van der Waals surface area contributed by atoms with Crippen LogP contribution in [0.1, 0.15) is 30.9 Å². The Bertz CT molecular complexity index is 805. The van der Waals surface area contributed by atoms with Crippen molar-refractivity contribution in [2.45, 2.75) is 32.5 Å². The molecule has 3 rings (SSSR count). The highest BCUT2D eigenvalue weighted by Crippen LogP contribution is 2.30. The predicted molar refractivity (Wildman–Crippen MR) is 112 cm³/mol. The number of thiocarbonyl (C=S) groups is 1. The number of rotatable bonds is 4. The minimum atomic E-state index is -4.37. The Morgan fingerprint density at radius 2 is 1.93 bits per heavy atom. The summed E-state index contributed by atoms with van der Waals surface area (Å²) in [7, 11) is 0. The lowest BCUT2D eigenvalue weighted by Crippen LogP contribution is -2.34. The number of hydrogen-bond acceptors (Lipinski definition) is 2. The molecule has 3 nitrogen and oxygen atoms in total. The normalized spacial score (nSPS) is 17.3. The molecule has 1 saturated heterocycles. The predicted octanol–water partition coefficient (Wildman–Crippen LogP) is 5.43. The first-order chi connectivity index (χ1) is 13.3. The third kappa shape index (κ3) is 5.61. The van der Waals surface area contributed by atoms with Crippen LogP contribution in [0.15, 0.2) is 48.5 Å². The summed E-state index contributed by atoms with van der Waals surface area (Å²) in [5.41, 5.74) is 1.88. The van der Waals surface area contributed by atoms with E-state index >= 15 is 0 Å². The summed E-state index contributed by atoms with van der Waals surface area (Å²) in [6, 6.07) is 13.3. The minimum absolute atomic E-state index is 0.285. The number of alkyl halides is 3. The molecule has 0 saturated carbocycles. The number of anilines is 2. The Hall–Kier alpha value is -2.28. The van der Waals surface area contributed by atoms with Crippen molar-refractivity contribution in [2.75, 3.05) is 23.3 Å². The van der Waals surface area contributed by atoms with Crippen LogP contribution in [0.25, 0.3) is 0 Å². The molecule has 0 radical (unpaired) electrons. The van der Waals surface area contributed by atoms with E-state index in [-0.39, 0.29) is 5.11 Å². The number of halogens is 3. The molecule has 1 unspecified atom stereocenters. The van der Waals surface area contributed by atoms with Crippen molar-refractivity contribution in [3.63, 3.8) is 0 Å². The fourth-order valence-corrected chi connectivity index (χ4v) is 3.57. The topological polar surface area (TPSA) is 27.3 Å². The number of piperidine rings is 1. The SMILES string of the molecule is CC1CCCN(c2ccc(CNC(=S)Nc3cccc(C(F)(F)F)c3)cc2)C1. The molecule has 0 aliphatic carbocycles. The van der Waals surface area contributed by atoms with Crippen molar-refractivity contribution in [2.24, 2.45) is 5.92 Å². The highest BCUT2D eigenvalue weighted by atomic mass is 32.1.